The van der Waals surface area contributed by atoms with E-state index in [0.29, 0.717) is 24.7 Å². The Morgan fingerprint density at radius 1 is 0.837 bits per heavy atom. The van der Waals surface area contributed by atoms with Crippen LogP contribution in [0.3, 0.4) is 0 Å². The lowest BCUT2D eigenvalue weighted by Gasteiger charge is -2.25. The highest BCUT2D eigenvalue weighted by atomic mass is 19.1. The zero-order chi connectivity index (χ0) is 31.1. The Balaban J connectivity index is 0.000000303. The molecular weight excluding hydrogens is 541 g/mol. The molecular formula is C37H44FNO4. The number of hydrogen-bond acceptors (Lipinski definition) is 4. The first-order chi connectivity index (χ1) is 20.7. The quantitative estimate of drug-likeness (QED) is 0.180. The van der Waals surface area contributed by atoms with Crippen LogP contribution in [0.2, 0.25) is 0 Å². The van der Waals surface area contributed by atoms with Crippen LogP contribution in [-0.4, -0.2) is 19.2 Å². The number of carbonyl (C=O) groups excluding carboxylic acids is 1. The van der Waals surface area contributed by atoms with Gasteiger partial charge in [-0.3, -0.25) is 0 Å². The van der Waals surface area contributed by atoms with Gasteiger partial charge in [0.1, 0.15) is 17.2 Å². The van der Waals surface area contributed by atoms with Gasteiger partial charge in [-0.2, -0.15) is 0 Å². The van der Waals surface area contributed by atoms with Crippen LogP contribution in [0.4, 0.5) is 9.18 Å². The minimum Gasteiger partial charge on any atom is -0.494 e. The summed E-state index contributed by atoms with van der Waals surface area (Å²) < 4.78 is 30.4. The average molecular weight is 586 g/mol. The molecule has 1 amide bonds. The SMILES string of the molecule is CCCNC(=O)Oc1cccc(C)c1.CCOc1ccc(C(C)(C)CCCc2ccc(F)c(Oc3ccccc3)c2)cc1. The molecule has 4 rings (SSSR count). The molecule has 0 aliphatic carbocycles. The van der Waals surface area contributed by atoms with E-state index in [4.69, 9.17) is 14.2 Å². The summed E-state index contributed by atoms with van der Waals surface area (Å²) in [5.41, 5.74) is 3.52. The maximum absolute atomic E-state index is 14.1. The minimum absolute atomic E-state index is 0.0636. The van der Waals surface area contributed by atoms with Crippen molar-refractivity contribution < 1.29 is 23.4 Å². The molecule has 0 saturated carbocycles. The molecule has 0 radical (unpaired) electrons. The van der Waals surface area contributed by atoms with Crippen LogP contribution in [-0.2, 0) is 11.8 Å². The predicted octanol–water partition coefficient (Wildman–Crippen LogP) is 9.81. The Bertz CT molecular complexity index is 1400. The van der Waals surface area contributed by atoms with Crippen LogP contribution < -0.4 is 19.5 Å². The highest BCUT2D eigenvalue weighted by molar-refractivity contribution is 5.70. The van der Waals surface area contributed by atoms with Crippen molar-refractivity contribution in [3.8, 4) is 23.0 Å². The molecule has 0 aliphatic heterocycles. The number of carbonyl (C=O) groups is 1. The van der Waals surface area contributed by atoms with Crippen LogP contribution in [0.15, 0.2) is 97.1 Å². The van der Waals surface area contributed by atoms with Gasteiger partial charge in [-0.15, -0.1) is 0 Å². The van der Waals surface area contributed by atoms with E-state index in [1.165, 1.54) is 11.6 Å². The summed E-state index contributed by atoms with van der Waals surface area (Å²) in [5, 5.41) is 2.64. The second-order valence-corrected chi connectivity index (χ2v) is 11.0. The summed E-state index contributed by atoms with van der Waals surface area (Å²) in [6.07, 6.45) is 3.44. The number of aryl methyl sites for hydroxylation is 2. The number of hydrogen-bond donors (Lipinski definition) is 1. The number of halogens is 1. The molecule has 4 aromatic rings. The Labute approximate surface area is 256 Å². The fraction of sp³-hybridized carbons (Fsp3) is 0.324. The van der Waals surface area contributed by atoms with Gasteiger partial charge >= 0.3 is 6.09 Å². The minimum atomic E-state index is -0.391. The highest BCUT2D eigenvalue weighted by Gasteiger charge is 2.20. The second-order valence-electron chi connectivity index (χ2n) is 11.0. The van der Waals surface area contributed by atoms with E-state index < -0.39 is 6.09 Å². The fourth-order valence-corrected chi connectivity index (χ4v) is 4.49. The third kappa shape index (κ3) is 11.5. The van der Waals surface area contributed by atoms with Crippen molar-refractivity contribution in [1.82, 2.24) is 5.32 Å². The van der Waals surface area contributed by atoms with E-state index in [1.54, 1.807) is 6.07 Å². The molecule has 1 N–H and O–H groups in total. The molecule has 0 aliphatic rings. The number of para-hydroxylation sites is 1. The number of rotatable bonds is 12. The first-order valence-corrected chi connectivity index (χ1v) is 15.0. The predicted molar refractivity (Wildman–Crippen MR) is 172 cm³/mol. The van der Waals surface area contributed by atoms with Crippen LogP contribution in [0.25, 0.3) is 0 Å². The molecule has 6 heteroatoms. The first kappa shape index (κ1) is 33.2. The van der Waals surface area contributed by atoms with Gasteiger partial charge in [0.25, 0.3) is 0 Å². The van der Waals surface area contributed by atoms with Gasteiger partial charge in [0.15, 0.2) is 11.6 Å². The standard InChI is InChI=1S/C26H29FO2.C11H15NO2/c1-4-28-22-15-13-21(14-16-22)26(2,3)18-8-9-20-12-17-24(27)25(19-20)29-23-10-6-5-7-11-23;1-3-7-12-11(13)14-10-6-4-5-9(2)8-10/h5-7,10-17,19H,4,8-9,18H2,1-3H3;4-6,8H,3,7H2,1-2H3,(H,12,13). The molecule has 5 nitrogen and oxygen atoms in total. The summed E-state index contributed by atoms with van der Waals surface area (Å²) in [6, 6.07) is 30.2. The first-order valence-electron chi connectivity index (χ1n) is 15.0. The fourth-order valence-electron chi connectivity index (χ4n) is 4.49. The van der Waals surface area contributed by atoms with Crippen molar-refractivity contribution in [3.63, 3.8) is 0 Å². The van der Waals surface area contributed by atoms with Gasteiger partial charge in [0.05, 0.1) is 6.61 Å². The molecule has 0 aromatic heterocycles. The molecule has 0 saturated heterocycles. The molecule has 0 fully saturated rings. The summed E-state index contributed by atoms with van der Waals surface area (Å²) in [6.45, 7) is 11.8. The van der Waals surface area contributed by atoms with Crippen molar-refractivity contribution >= 4 is 6.09 Å². The molecule has 0 bridgehead atoms. The zero-order valence-electron chi connectivity index (χ0n) is 26.0. The Kier molecular flexibility index (Phi) is 13.1. The van der Waals surface area contributed by atoms with Crippen LogP contribution in [0.5, 0.6) is 23.0 Å². The summed E-state index contributed by atoms with van der Waals surface area (Å²) in [5.74, 6) is 2.06. The third-order valence-electron chi connectivity index (χ3n) is 6.90. The number of ether oxygens (including phenoxy) is 3. The van der Waals surface area contributed by atoms with E-state index in [-0.39, 0.29) is 17.0 Å². The summed E-state index contributed by atoms with van der Waals surface area (Å²) in [4.78, 5) is 11.1. The van der Waals surface area contributed by atoms with Gasteiger partial charge in [-0.1, -0.05) is 69.3 Å². The number of benzene rings is 4. The van der Waals surface area contributed by atoms with Gasteiger partial charge < -0.3 is 19.5 Å². The van der Waals surface area contributed by atoms with E-state index in [2.05, 4.69) is 31.3 Å². The maximum atomic E-state index is 14.1. The lowest BCUT2D eigenvalue weighted by atomic mass is 9.80. The van der Waals surface area contributed by atoms with Gasteiger partial charge in [-0.05, 0) is 110 Å². The van der Waals surface area contributed by atoms with Crippen molar-refractivity contribution in [2.24, 2.45) is 0 Å². The van der Waals surface area contributed by atoms with Crippen LogP contribution >= 0.6 is 0 Å². The lowest BCUT2D eigenvalue weighted by Crippen LogP contribution is -2.27. The van der Waals surface area contributed by atoms with Gasteiger partial charge in [-0.25, -0.2) is 9.18 Å². The van der Waals surface area contributed by atoms with Crippen LogP contribution in [0, 0.1) is 12.7 Å². The van der Waals surface area contributed by atoms with E-state index in [9.17, 15) is 9.18 Å². The molecule has 0 spiro atoms. The number of amides is 1. The zero-order valence-corrected chi connectivity index (χ0v) is 26.0. The molecule has 228 valence electrons. The summed E-state index contributed by atoms with van der Waals surface area (Å²) >= 11 is 0. The molecule has 0 unspecified atom stereocenters. The highest BCUT2D eigenvalue weighted by Crippen LogP contribution is 2.31. The number of nitrogens with one attached hydrogen (secondary N) is 1. The molecule has 43 heavy (non-hydrogen) atoms. The molecule has 0 atom stereocenters. The van der Waals surface area contributed by atoms with Crippen molar-refractivity contribution in [2.75, 3.05) is 13.2 Å². The monoisotopic (exact) mass is 585 g/mol. The maximum Gasteiger partial charge on any atom is 0.412 e. The largest absolute Gasteiger partial charge is 0.494 e. The average Bonchev–Trinajstić information content (AvgIpc) is 2.99. The van der Waals surface area contributed by atoms with Crippen molar-refractivity contribution in [2.45, 2.75) is 65.7 Å². The second kappa shape index (κ2) is 17.0. The van der Waals surface area contributed by atoms with E-state index >= 15 is 0 Å². The Morgan fingerprint density at radius 2 is 1.56 bits per heavy atom. The van der Waals surface area contributed by atoms with Crippen molar-refractivity contribution in [3.05, 3.63) is 120 Å². The Hall–Kier alpha value is -4.32. The van der Waals surface area contributed by atoms with E-state index in [0.717, 1.165) is 42.6 Å². The van der Waals surface area contributed by atoms with Gasteiger partial charge in [0, 0.05) is 6.54 Å². The Morgan fingerprint density at radius 3 is 2.23 bits per heavy atom. The smallest absolute Gasteiger partial charge is 0.412 e. The molecule has 4 aromatic carbocycles. The normalized spacial score (nSPS) is 10.7. The lowest BCUT2D eigenvalue weighted by molar-refractivity contribution is 0.200. The van der Waals surface area contributed by atoms with Crippen molar-refractivity contribution in [1.29, 1.82) is 0 Å². The third-order valence-corrected chi connectivity index (χ3v) is 6.90. The topological polar surface area (TPSA) is 56.8 Å². The summed E-state index contributed by atoms with van der Waals surface area (Å²) in [7, 11) is 0. The van der Waals surface area contributed by atoms with Crippen LogP contribution in [0.1, 0.15) is 63.6 Å². The van der Waals surface area contributed by atoms with E-state index in [1.807, 2.05) is 93.6 Å². The molecule has 0 heterocycles. The van der Waals surface area contributed by atoms with Gasteiger partial charge in [0.2, 0.25) is 0 Å².